The zero-order chi connectivity index (χ0) is 21.9. The number of benzene rings is 3. The first-order valence-electron chi connectivity index (χ1n) is 10.1. The standard InChI is InChI=1S/C24H19N5O2S/c30-23(27-18(13-22-25-14-26-29-22)15-6-2-1-3-7-15)16-10-11-21-19(12-16)28-24(31)17-8-4-5-9-20(17)32-21/h1-12,14,18H,13H2,(H,27,30)(H,28,31)(H,25,26,29). The molecule has 1 aliphatic rings. The van der Waals surface area contributed by atoms with Gasteiger partial charge >= 0.3 is 0 Å². The molecule has 5 rings (SSSR count). The van der Waals surface area contributed by atoms with Gasteiger partial charge in [-0.05, 0) is 35.9 Å². The Morgan fingerprint density at radius 1 is 1.00 bits per heavy atom. The van der Waals surface area contributed by atoms with Crippen molar-refractivity contribution in [3.63, 3.8) is 0 Å². The van der Waals surface area contributed by atoms with Crippen LogP contribution in [0.5, 0.6) is 0 Å². The van der Waals surface area contributed by atoms with Gasteiger partial charge in [-0.3, -0.25) is 9.59 Å². The van der Waals surface area contributed by atoms with Crippen LogP contribution in [0.1, 0.15) is 38.1 Å². The highest BCUT2D eigenvalue weighted by atomic mass is 32.2. The third-order valence-electron chi connectivity index (χ3n) is 5.21. The zero-order valence-corrected chi connectivity index (χ0v) is 17.7. The number of nitrogens with one attached hydrogen (secondary N) is 3. The Kier molecular flexibility index (Phi) is 5.43. The van der Waals surface area contributed by atoms with Crippen LogP contribution < -0.4 is 10.6 Å². The predicted molar refractivity (Wildman–Crippen MR) is 122 cm³/mol. The molecule has 158 valence electrons. The highest BCUT2D eigenvalue weighted by molar-refractivity contribution is 7.99. The number of hydrogen-bond acceptors (Lipinski definition) is 5. The normalized spacial score (nSPS) is 13.3. The van der Waals surface area contributed by atoms with Gasteiger partial charge in [0.2, 0.25) is 0 Å². The van der Waals surface area contributed by atoms with Gasteiger partial charge in [0.25, 0.3) is 11.8 Å². The Hall–Kier alpha value is -3.91. The number of H-pyrrole nitrogens is 1. The Labute approximate surface area is 188 Å². The minimum Gasteiger partial charge on any atom is -0.345 e. The zero-order valence-electron chi connectivity index (χ0n) is 16.9. The van der Waals surface area contributed by atoms with E-state index in [0.29, 0.717) is 29.1 Å². The number of rotatable bonds is 5. The largest absolute Gasteiger partial charge is 0.345 e. The van der Waals surface area contributed by atoms with Crippen molar-refractivity contribution >= 4 is 29.3 Å². The second kappa shape index (κ2) is 8.68. The van der Waals surface area contributed by atoms with Crippen molar-refractivity contribution in [1.82, 2.24) is 20.5 Å². The van der Waals surface area contributed by atoms with Crippen molar-refractivity contribution in [2.75, 3.05) is 5.32 Å². The quantitative estimate of drug-likeness (QED) is 0.430. The molecule has 0 saturated carbocycles. The van der Waals surface area contributed by atoms with E-state index < -0.39 is 0 Å². The SMILES string of the molecule is O=C(NC(Cc1nnc[nH]1)c1ccccc1)c1ccc2c(c1)NC(=O)c1ccccc1S2. The molecule has 1 unspecified atom stereocenters. The van der Waals surface area contributed by atoms with Gasteiger partial charge in [0.1, 0.15) is 12.2 Å². The summed E-state index contributed by atoms with van der Waals surface area (Å²) in [6.45, 7) is 0. The summed E-state index contributed by atoms with van der Waals surface area (Å²) in [7, 11) is 0. The van der Waals surface area contributed by atoms with E-state index in [1.807, 2.05) is 54.6 Å². The monoisotopic (exact) mass is 441 g/mol. The van der Waals surface area contributed by atoms with Gasteiger partial charge in [0.05, 0.1) is 17.3 Å². The lowest BCUT2D eigenvalue weighted by Crippen LogP contribution is -2.30. The van der Waals surface area contributed by atoms with Gasteiger partial charge in [-0.15, -0.1) is 10.2 Å². The molecule has 8 heteroatoms. The average molecular weight is 442 g/mol. The molecule has 0 aliphatic carbocycles. The molecule has 32 heavy (non-hydrogen) atoms. The third-order valence-corrected chi connectivity index (χ3v) is 6.37. The molecular weight excluding hydrogens is 422 g/mol. The molecule has 3 N–H and O–H groups in total. The van der Waals surface area contributed by atoms with Crippen LogP contribution in [-0.4, -0.2) is 27.0 Å². The van der Waals surface area contributed by atoms with Gasteiger partial charge in [0.15, 0.2) is 0 Å². The van der Waals surface area contributed by atoms with Crippen molar-refractivity contribution in [1.29, 1.82) is 0 Å². The smallest absolute Gasteiger partial charge is 0.256 e. The van der Waals surface area contributed by atoms with Gasteiger partial charge in [0, 0.05) is 21.8 Å². The summed E-state index contributed by atoms with van der Waals surface area (Å²) in [5.74, 6) is 0.265. The number of amides is 2. The fourth-order valence-corrected chi connectivity index (χ4v) is 4.62. The van der Waals surface area contributed by atoms with Crippen LogP contribution in [0.3, 0.4) is 0 Å². The molecule has 2 heterocycles. The minimum absolute atomic E-state index is 0.183. The lowest BCUT2D eigenvalue weighted by atomic mass is 10.0. The molecule has 1 atom stereocenters. The molecule has 7 nitrogen and oxygen atoms in total. The van der Waals surface area contributed by atoms with E-state index in [4.69, 9.17) is 0 Å². The fourth-order valence-electron chi connectivity index (χ4n) is 3.61. The molecule has 2 amide bonds. The van der Waals surface area contributed by atoms with Crippen LogP contribution in [0, 0.1) is 0 Å². The van der Waals surface area contributed by atoms with Crippen LogP contribution in [0.15, 0.2) is 88.9 Å². The van der Waals surface area contributed by atoms with Crippen molar-refractivity contribution in [2.45, 2.75) is 22.3 Å². The van der Waals surface area contributed by atoms with E-state index in [9.17, 15) is 9.59 Å². The summed E-state index contributed by atoms with van der Waals surface area (Å²) in [5.41, 5.74) is 2.67. The molecule has 0 saturated heterocycles. The van der Waals surface area contributed by atoms with Gasteiger partial charge < -0.3 is 15.6 Å². The molecule has 4 aromatic rings. The number of carbonyl (C=O) groups is 2. The van der Waals surface area contributed by atoms with E-state index in [1.165, 1.54) is 18.1 Å². The summed E-state index contributed by atoms with van der Waals surface area (Å²) in [5, 5.41) is 13.9. The van der Waals surface area contributed by atoms with E-state index in [2.05, 4.69) is 25.8 Å². The van der Waals surface area contributed by atoms with Crippen LogP contribution in [0.4, 0.5) is 5.69 Å². The van der Waals surface area contributed by atoms with Crippen LogP contribution in [0.2, 0.25) is 0 Å². The van der Waals surface area contributed by atoms with Crippen molar-refractivity contribution in [3.8, 4) is 0 Å². The number of nitrogens with zero attached hydrogens (tertiary/aromatic N) is 2. The first-order valence-corrected chi connectivity index (χ1v) is 10.9. The number of hydrogen-bond donors (Lipinski definition) is 3. The lowest BCUT2D eigenvalue weighted by Gasteiger charge is -2.19. The topological polar surface area (TPSA) is 99.8 Å². The number of carbonyl (C=O) groups excluding carboxylic acids is 2. The Morgan fingerprint density at radius 2 is 1.81 bits per heavy atom. The molecule has 0 radical (unpaired) electrons. The third kappa shape index (κ3) is 4.13. The van der Waals surface area contributed by atoms with Gasteiger partial charge in [-0.2, -0.15) is 0 Å². The first kappa shape index (κ1) is 20.0. The number of anilines is 1. The molecule has 0 spiro atoms. The summed E-state index contributed by atoms with van der Waals surface area (Å²) < 4.78 is 0. The number of aromatic amines is 1. The molecular formula is C24H19N5O2S. The van der Waals surface area contributed by atoms with Crippen molar-refractivity contribution in [3.05, 3.63) is 102 Å². The lowest BCUT2D eigenvalue weighted by molar-refractivity contribution is 0.0935. The van der Waals surface area contributed by atoms with E-state index in [0.717, 1.165) is 15.4 Å². The maximum absolute atomic E-state index is 13.2. The van der Waals surface area contributed by atoms with E-state index in [-0.39, 0.29) is 17.9 Å². The Bertz CT molecular complexity index is 1270. The molecule has 1 aromatic heterocycles. The summed E-state index contributed by atoms with van der Waals surface area (Å²) in [6, 6.07) is 22.3. The highest BCUT2D eigenvalue weighted by Gasteiger charge is 2.22. The Balaban J connectivity index is 1.40. The molecule has 1 aliphatic heterocycles. The van der Waals surface area contributed by atoms with Gasteiger partial charge in [-0.25, -0.2) is 0 Å². The van der Waals surface area contributed by atoms with Gasteiger partial charge in [-0.1, -0.05) is 54.2 Å². The summed E-state index contributed by atoms with van der Waals surface area (Å²) in [4.78, 5) is 30.6. The minimum atomic E-state index is -0.288. The van der Waals surface area contributed by atoms with Crippen LogP contribution >= 0.6 is 11.8 Å². The number of aromatic nitrogens is 3. The van der Waals surface area contributed by atoms with Crippen molar-refractivity contribution < 1.29 is 9.59 Å². The first-order chi connectivity index (χ1) is 15.7. The summed E-state index contributed by atoms with van der Waals surface area (Å²) >= 11 is 1.51. The van der Waals surface area contributed by atoms with E-state index >= 15 is 0 Å². The molecule has 0 fully saturated rings. The fraction of sp³-hybridized carbons (Fsp3) is 0.0833. The maximum Gasteiger partial charge on any atom is 0.256 e. The second-order valence-electron chi connectivity index (χ2n) is 7.34. The number of fused-ring (bicyclic) bond motifs is 2. The predicted octanol–water partition coefficient (Wildman–Crippen LogP) is 4.24. The van der Waals surface area contributed by atoms with E-state index in [1.54, 1.807) is 18.2 Å². The van der Waals surface area contributed by atoms with Crippen LogP contribution in [-0.2, 0) is 6.42 Å². The Morgan fingerprint density at radius 3 is 2.62 bits per heavy atom. The highest BCUT2D eigenvalue weighted by Crippen LogP contribution is 2.39. The molecule has 3 aromatic carbocycles. The van der Waals surface area contributed by atoms with Crippen LogP contribution in [0.25, 0.3) is 0 Å². The average Bonchev–Trinajstić information content (AvgIpc) is 3.28. The summed E-state index contributed by atoms with van der Waals surface area (Å²) in [6.07, 6.45) is 1.99. The molecule has 0 bridgehead atoms. The maximum atomic E-state index is 13.2. The van der Waals surface area contributed by atoms with Crippen molar-refractivity contribution in [2.24, 2.45) is 0 Å². The second-order valence-corrected chi connectivity index (χ2v) is 8.42.